The average molecular weight is 343 g/mol. The zero-order valence-electron chi connectivity index (χ0n) is 13.6. The predicted octanol–water partition coefficient (Wildman–Crippen LogP) is 3.47. The number of amides is 1. The molecule has 0 spiro atoms. The van der Waals surface area contributed by atoms with Gasteiger partial charge in [0.15, 0.2) is 0 Å². The molecule has 0 atom stereocenters. The van der Waals surface area contributed by atoms with E-state index in [1.807, 2.05) is 0 Å². The van der Waals surface area contributed by atoms with Crippen molar-refractivity contribution in [3.8, 4) is 11.5 Å². The third-order valence-electron chi connectivity index (χ3n) is 3.33. The number of nitrogens with one attached hydrogen (secondary N) is 1. The summed E-state index contributed by atoms with van der Waals surface area (Å²) in [5.74, 6) is -2.31. The Balaban J connectivity index is 2.17. The maximum Gasteiger partial charge on any atom is 0.336 e. The Kier molecular flexibility index (Phi) is 5.38. The Morgan fingerprint density at radius 1 is 0.880 bits per heavy atom. The molecule has 130 valence electrons. The monoisotopic (exact) mass is 343 g/mol. The van der Waals surface area contributed by atoms with E-state index in [-0.39, 0.29) is 28.7 Å². The smallest absolute Gasteiger partial charge is 0.336 e. The maximum absolute atomic E-state index is 11.6. The first-order valence-electron chi connectivity index (χ1n) is 7.47. The Labute approximate surface area is 143 Å². The van der Waals surface area contributed by atoms with Crippen LogP contribution in [0.5, 0.6) is 11.5 Å². The van der Waals surface area contributed by atoms with Crippen LogP contribution < -0.4 is 10.1 Å². The van der Waals surface area contributed by atoms with Gasteiger partial charge in [-0.05, 0) is 42.5 Å². The number of anilines is 1. The Morgan fingerprint density at radius 3 is 1.96 bits per heavy atom. The number of hydrogen-bond donors (Lipinski definition) is 3. The SMILES string of the molecule is CC(C)C(=O)Nc1ccc(Oc2ccc(C(=O)O)c(C(=O)O)c2)cc1. The molecule has 0 unspecified atom stereocenters. The van der Waals surface area contributed by atoms with Crippen LogP contribution in [0.15, 0.2) is 42.5 Å². The number of benzene rings is 2. The van der Waals surface area contributed by atoms with E-state index in [4.69, 9.17) is 14.9 Å². The first-order valence-corrected chi connectivity index (χ1v) is 7.47. The highest BCUT2D eigenvalue weighted by molar-refractivity contribution is 6.02. The Morgan fingerprint density at radius 2 is 1.44 bits per heavy atom. The fourth-order valence-corrected chi connectivity index (χ4v) is 1.98. The molecule has 25 heavy (non-hydrogen) atoms. The standard InChI is InChI=1S/C18H17NO6/c1-10(2)16(20)19-11-3-5-12(6-4-11)25-13-7-8-14(17(21)22)15(9-13)18(23)24/h3-10H,1-2H3,(H,19,20)(H,21,22)(H,23,24). The molecule has 0 saturated carbocycles. The van der Waals surface area contributed by atoms with E-state index in [9.17, 15) is 14.4 Å². The maximum atomic E-state index is 11.6. The largest absolute Gasteiger partial charge is 0.478 e. The summed E-state index contributed by atoms with van der Waals surface area (Å²) in [6, 6.07) is 10.2. The molecule has 2 aromatic rings. The summed E-state index contributed by atoms with van der Waals surface area (Å²) in [5.41, 5.74) is -0.0593. The summed E-state index contributed by atoms with van der Waals surface area (Å²) in [6.45, 7) is 3.57. The molecular weight excluding hydrogens is 326 g/mol. The van der Waals surface area contributed by atoms with Crippen molar-refractivity contribution in [3.63, 3.8) is 0 Å². The van der Waals surface area contributed by atoms with E-state index >= 15 is 0 Å². The van der Waals surface area contributed by atoms with E-state index in [0.717, 1.165) is 6.07 Å². The van der Waals surface area contributed by atoms with Gasteiger partial charge < -0.3 is 20.3 Å². The van der Waals surface area contributed by atoms with Gasteiger partial charge in [0.1, 0.15) is 11.5 Å². The summed E-state index contributed by atoms with van der Waals surface area (Å²) in [7, 11) is 0. The normalized spacial score (nSPS) is 10.4. The zero-order chi connectivity index (χ0) is 18.6. The highest BCUT2D eigenvalue weighted by Crippen LogP contribution is 2.25. The molecule has 0 aliphatic carbocycles. The molecule has 3 N–H and O–H groups in total. The van der Waals surface area contributed by atoms with Crippen LogP contribution in [-0.4, -0.2) is 28.1 Å². The molecule has 1 amide bonds. The van der Waals surface area contributed by atoms with Crippen LogP contribution in [0, 0.1) is 5.92 Å². The number of aromatic carboxylic acids is 2. The van der Waals surface area contributed by atoms with Crippen molar-refractivity contribution in [1.82, 2.24) is 0 Å². The van der Waals surface area contributed by atoms with Crippen molar-refractivity contribution in [2.45, 2.75) is 13.8 Å². The van der Waals surface area contributed by atoms with Crippen molar-refractivity contribution in [3.05, 3.63) is 53.6 Å². The third-order valence-corrected chi connectivity index (χ3v) is 3.33. The molecule has 2 aromatic carbocycles. The molecule has 7 heteroatoms. The molecule has 0 aromatic heterocycles. The lowest BCUT2D eigenvalue weighted by molar-refractivity contribution is -0.118. The van der Waals surface area contributed by atoms with Gasteiger partial charge in [-0.1, -0.05) is 13.8 Å². The van der Waals surface area contributed by atoms with E-state index < -0.39 is 11.9 Å². The second-order valence-corrected chi connectivity index (χ2v) is 5.59. The fourth-order valence-electron chi connectivity index (χ4n) is 1.98. The van der Waals surface area contributed by atoms with Gasteiger partial charge in [0.25, 0.3) is 0 Å². The zero-order valence-corrected chi connectivity index (χ0v) is 13.6. The van der Waals surface area contributed by atoms with Crippen molar-refractivity contribution < 1.29 is 29.3 Å². The minimum atomic E-state index is -1.35. The molecule has 0 saturated heterocycles. The first-order chi connectivity index (χ1) is 11.8. The summed E-state index contributed by atoms with van der Waals surface area (Å²) in [4.78, 5) is 33.8. The Hall–Kier alpha value is -3.35. The van der Waals surface area contributed by atoms with E-state index in [2.05, 4.69) is 5.32 Å². The number of carboxylic acids is 2. The van der Waals surface area contributed by atoms with Gasteiger partial charge in [-0.25, -0.2) is 9.59 Å². The summed E-state index contributed by atoms with van der Waals surface area (Å²) < 4.78 is 5.54. The Bertz CT molecular complexity index is 811. The average Bonchev–Trinajstić information content (AvgIpc) is 2.56. The van der Waals surface area contributed by atoms with Crippen LogP contribution in [0.2, 0.25) is 0 Å². The number of carbonyl (C=O) groups excluding carboxylic acids is 1. The van der Waals surface area contributed by atoms with Crippen LogP contribution >= 0.6 is 0 Å². The second kappa shape index (κ2) is 7.48. The molecule has 0 heterocycles. The van der Waals surface area contributed by atoms with Gasteiger partial charge in [0.2, 0.25) is 5.91 Å². The molecule has 0 fully saturated rings. The van der Waals surface area contributed by atoms with Gasteiger partial charge >= 0.3 is 11.9 Å². The number of ether oxygens (including phenoxy) is 1. The van der Waals surface area contributed by atoms with Crippen LogP contribution in [-0.2, 0) is 4.79 Å². The van der Waals surface area contributed by atoms with Crippen LogP contribution in [0.1, 0.15) is 34.6 Å². The fraction of sp³-hybridized carbons (Fsp3) is 0.167. The van der Waals surface area contributed by atoms with Crippen molar-refractivity contribution >= 4 is 23.5 Å². The van der Waals surface area contributed by atoms with Crippen molar-refractivity contribution in [1.29, 1.82) is 0 Å². The molecule has 0 aliphatic heterocycles. The third kappa shape index (κ3) is 4.57. The lowest BCUT2D eigenvalue weighted by atomic mass is 10.1. The van der Waals surface area contributed by atoms with Gasteiger partial charge in [-0.2, -0.15) is 0 Å². The predicted molar refractivity (Wildman–Crippen MR) is 90.3 cm³/mol. The van der Waals surface area contributed by atoms with Crippen molar-refractivity contribution in [2.24, 2.45) is 5.92 Å². The number of hydrogen-bond acceptors (Lipinski definition) is 4. The van der Waals surface area contributed by atoms with Crippen LogP contribution in [0.3, 0.4) is 0 Å². The number of rotatable bonds is 6. The molecule has 2 rings (SSSR count). The second-order valence-electron chi connectivity index (χ2n) is 5.59. The molecule has 0 radical (unpaired) electrons. The lowest BCUT2D eigenvalue weighted by Crippen LogP contribution is -2.17. The minimum absolute atomic E-state index is 0.107. The highest BCUT2D eigenvalue weighted by Gasteiger charge is 2.17. The van der Waals surface area contributed by atoms with Gasteiger partial charge in [-0.15, -0.1) is 0 Å². The van der Waals surface area contributed by atoms with Gasteiger partial charge in [0, 0.05) is 11.6 Å². The lowest BCUT2D eigenvalue weighted by Gasteiger charge is -2.10. The summed E-state index contributed by atoms with van der Waals surface area (Å²) in [5, 5.41) is 20.8. The van der Waals surface area contributed by atoms with E-state index in [1.54, 1.807) is 38.1 Å². The highest BCUT2D eigenvalue weighted by atomic mass is 16.5. The molecule has 7 nitrogen and oxygen atoms in total. The molecular formula is C18H17NO6. The minimum Gasteiger partial charge on any atom is -0.478 e. The van der Waals surface area contributed by atoms with Gasteiger partial charge in [-0.3, -0.25) is 4.79 Å². The quantitative estimate of drug-likeness (QED) is 0.740. The summed E-state index contributed by atoms with van der Waals surface area (Å²) in [6.07, 6.45) is 0. The molecule has 0 bridgehead atoms. The summed E-state index contributed by atoms with van der Waals surface area (Å²) >= 11 is 0. The van der Waals surface area contributed by atoms with Crippen molar-refractivity contribution in [2.75, 3.05) is 5.32 Å². The van der Waals surface area contributed by atoms with Crippen LogP contribution in [0.4, 0.5) is 5.69 Å². The van der Waals surface area contributed by atoms with E-state index in [1.165, 1.54) is 12.1 Å². The van der Waals surface area contributed by atoms with Crippen LogP contribution in [0.25, 0.3) is 0 Å². The topological polar surface area (TPSA) is 113 Å². The first kappa shape index (κ1) is 18.0. The molecule has 0 aliphatic rings. The van der Waals surface area contributed by atoms with Gasteiger partial charge in [0.05, 0.1) is 11.1 Å². The number of carbonyl (C=O) groups is 3. The number of carboxylic acid groups (broad SMARTS) is 2. The van der Waals surface area contributed by atoms with E-state index in [0.29, 0.717) is 11.4 Å².